The van der Waals surface area contributed by atoms with Crippen molar-refractivity contribution in [1.29, 1.82) is 0 Å². The lowest BCUT2D eigenvalue weighted by Crippen LogP contribution is -2.43. The Kier molecular flexibility index (Phi) is 4.64. The molecule has 0 aliphatic rings. The van der Waals surface area contributed by atoms with E-state index in [-0.39, 0.29) is 5.91 Å². The van der Waals surface area contributed by atoms with Crippen LogP contribution in [0.3, 0.4) is 0 Å². The Morgan fingerprint density at radius 2 is 2.23 bits per heavy atom. The van der Waals surface area contributed by atoms with Crippen molar-refractivity contribution in [1.82, 2.24) is 5.32 Å². The van der Waals surface area contributed by atoms with Gasteiger partial charge in [-0.2, -0.15) is 0 Å². The van der Waals surface area contributed by atoms with Crippen LogP contribution in [0.5, 0.6) is 0 Å². The Labute approximate surface area is 75.5 Å². The standard InChI is InChI=1S/C7H12N2O4/c1-5(4-10)7(3-9(12)13)8-6(2)11/h4-5,7H,3H2,1-2H3,(H,8,11)/t5-,7+/m0/s1. The van der Waals surface area contributed by atoms with Gasteiger partial charge in [-0.3, -0.25) is 14.9 Å². The lowest BCUT2D eigenvalue weighted by atomic mass is 10.0. The lowest BCUT2D eigenvalue weighted by molar-refractivity contribution is -0.484. The number of carbonyl (C=O) groups excluding carboxylic acids is 2. The minimum Gasteiger partial charge on any atom is -0.346 e. The number of aldehydes is 1. The third-order valence-electron chi connectivity index (χ3n) is 1.58. The van der Waals surface area contributed by atoms with E-state index in [1.165, 1.54) is 13.8 Å². The van der Waals surface area contributed by atoms with Gasteiger partial charge < -0.3 is 10.1 Å². The second-order valence-corrected chi connectivity index (χ2v) is 2.82. The molecule has 0 unspecified atom stereocenters. The molecule has 0 bridgehead atoms. The number of hydrogen-bond acceptors (Lipinski definition) is 4. The molecule has 0 aromatic heterocycles. The third kappa shape index (κ3) is 4.89. The highest BCUT2D eigenvalue weighted by Gasteiger charge is 2.22. The molecule has 0 aliphatic heterocycles. The molecule has 0 heterocycles. The van der Waals surface area contributed by atoms with E-state index in [0.29, 0.717) is 6.29 Å². The van der Waals surface area contributed by atoms with Gasteiger partial charge in [0.25, 0.3) is 0 Å². The Balaban J connectivity index is 4.25. The van der Waals surface area contributed by atoms with Crippen molar-refractivity contribution in [2.45, 2.75) is 19.9 Å². The molecule has 0 aromatic carbocycles. The van der Waals surface area contributed by atoms with Crippen molar-refractivity contribution in [2.24, 2.45) is 5.92 Å². The van der Waals surface area contributed by atoms with Crippen LogP contribution in [-0.4, -0.2) is 29.7 Å². The average Bonchev–Trinajstić information content (AvgIpc) is 2.00. The van der Waals surface area contributed by atoms with Crippen molar-refractivity contribution in [3.05, 3.63) is 10.1 Å². The Morgan fingerprint density at radius 1 is 1.69 bits per heavy atom. The normalized spacial score (nSPS) is 14.3. The van der Waals surface area contributed by atoms with Gasteiger partial charge in [-0.25, -0.2) is 0 Å². The summed E-state index contributed by atoms with van der Waals surface area (Å²) in [6, 6.07) is -0.718. The van der Waals surface area contributed by atoms with Crippen LogP contribution in [0.15, 0.2) is 0 Å². The largest absolute Gasteiger partial charge is 0.346 e. The number of amides is 1. The first-order valence-electron chi connectivity index (χ1n) is 3.81. The predicted octanol–water partition coefficient (Wildman–Crippen LogP) is -0.397. The minimum absolute atomic E-state index is 0.374. The molecule has 0 aliphatic carbocycles. The van der Waals surface area contributed by atoms with Crippen LogP contribution in [-0.2, 0) is 9.59 Å². The summed E-state index contributed by atoms with van der Waals surface area (Å²) in [4.78, 5) is 30.5. The lowest BCUT2D eigenvalue weighted by Gasteiger charge is -2.15. The molecule has 0 saturated heterocycles. The molecule has 0 saturated carbocycles. The number of nitrogens with zero attached hydrogens (tertiary/aromatic N) is 1. The highest BCUT2D eigenvalue weighted by Crippen LogP contribution is 1.99. The minimum atomic E-state index is -0.718. The molecule has 0 rings (SSSR count). The van der Waals surface area contributed by atoms with E-state index >= 15 is 0 Å². The van der Waals surface area contributed by atoms with Crippen molar-refractivity contribution in [2.75, 3.05) is 6.54 Å². The second-order valence-electron chi connectivity index (χ2n) is 2.82. The summed E-state index contributed by atoms with van der Waals surface area (Å²) in [5.74, 6) is -0.921. The first kappa shape index (κ1) is 11.5. The van der Waals surface area contributed by atoms with Gasteiger partial charge >= 0.3 is 0 Å². The summed E-state index contributed by atoms with van der Waals surface area (Å²) in [6.45, 7) is 2.35. The first-order chi connectivity index (χ1) is 5.97. The molecule has 6 heteroatoms. The summed E-state index contributed by atoms with van der Waals surface area (Å²) in [7, 11) is 0. The van der Waals surface area contributed by atoms with Gasteiger partial charge in [0.15, 0.2) is 0 Å². The average molecular weight is 188 g/mol. The molecule has 0 aromatic rings. The molecule has 74 valence electrons. The molecular formula is C7H12N2O4. The summed E-state index contributed by atoms with van der Waals surface area (Å²) in [5, 5.41) is 12.5. The molecule has 6 nitrogen and oxygen atoms in total. The molecule has 2 atom stereocenters. The van der Waals surface area contributed by atoms with Gasteiger partial charge in [0.2, 0.25) is 12.5 Å². The van der Waals surface area contributed by atoms with Crippen LogP contribution in [0, 0.1) is 16.0 Å². The zero-order chi connectivity index (χ0) is 10.4. The summed E-state index contributed by atoms with van der Waals surface area (Å²) in [6.07, 6.45) is 0.587. The molecule has 0 spiro atoms. The molecule has 1 amide bonds. The Hall–Kier alpha value is -1.46. The maximum absolute atomic E-state index is 10.6. The van der Waals surface area contributed by atoms with Crippen LogP contribution in [0.1, 0.15) is 13.8 Å². The predicted molar refractivity (Wildman–Crippen MR) is 44.7 cm³/mol. The molecule has 0 fully saturated rings. The summed E-state index contributed by atoms with van der Waals surface area (Å²) >= 11 is 0. The van der Waals surface area contributed by atoms with Crippen molar-refractivity contribution in [3.63, 3.8) is 0 Å². The molecule has 1 N–H and O–H groups in total. The fourth-order valence-corrected chi connectivity index (χ4v) is 0.860. The van der Waals surface area contributed by atoms with E-state index in [2.05, 4.69) is 5.32 Å². The third-order valence-corrected chi connectivity index (χ3v) is 1.58. The van der Waals surface area contributed by atoms with Crippen molar-refractivity contribution < 1.29 is 14.5 Å². The van der Waals surface area contributed by atoms with Crippen LogP contribution >= 0.6 is 0 Å². The zero-order valence-electron chi connectivity index (χ0n) is 7.52. The monoisotopic (exact) mass is 188 g/mol. The topological polar surface area (TPSA) is 89.3 Å². The van der Waals surface area contributed by atoms with E-state index in [9.17, 15) is 19.7 Å². The fourth-order valence-electron chi connectivity index (χ4n) is 0.860. The number of nitro groups is 1. The number of nitrogens with one attached hydrogen (secondary N) is 1. The zero-order valence-corrected chi connectivity index (χ0v) is 7.52. The number of rotatable bonds is 5. The highest BCUT2D eigenvalue weighted by atomic mass is 16.6. The molecular weight excluding hydrogens is 176 g/mol. The van der Waals surface area contributed by atoms with Crippen molar-refractivity contribution >= 4 is 12.2 Å². The van der Waals surface area contributed by atoms with E-state index in [0.717, 1.165) is 0 Å². The van der Waals surface area contributed by atoms with Crippen LogP contribution in [0.4, 0.5) is 0 Å². The van der Waals surface area contributed by atoms with Crippen LogP contribution in [0.25, 0.3) is 0 Å². The van der Waals surface area contributed by atoms with E-state index in [1.54, 1.807) is 0 Å². The Bertz CT molecular complexity index is 201. The summed E-state index contributed by atoms with van der Waals surface area (Å²) in [5.41, 5.74) is 0. The molecule has 0 radical (unpaired) electrons. The Morgan fingerprint density at radius 3 is 2.54 bits per heavy atom. The van der Waals surface area contributed by atoms with E-state index in [1.807, 2.05) is 0 Å². The van der Waals surface area contributed by atoms with Gasteiger partial charge in [-0.1, -0.05) is 6.92 Å². The smallest absolute Gasteiger partial charge is 0.224 e. The summed E-state index contributed by atoms with van der Waals surface area (Å²) < 4.78 is 0. The maximum Gasteiger partial charge on any atom is 0.224 e. The van der Waals surface area contributed by atoms with Gasteiger partial charge in [-0.15, -0.1) is 0 Å². The van der Waals surface area contributed by atoms with Crippen LogP contribution < -0.4 is 5.32 Å². The van der Waals surface area contributed by atoms with E-state index < -0.39 is 23.4 Å². The number of hydrogen-bond donors (Lipinski definition) is 1. The van der Waals surface area contributed by atoms with Gasteiger partial charge in [0, 0.05) is 17.8 Å². The van der Waals surface area contributed by atoms with E-state index in [4.69, 9.17) is 0 Å². The fraction of sp³-hybridized carbons (Fsp3) is 0.714. The maximum atomic E-state index is 10.6. The van der Waals surface area contributed by atoms with Crippen LogP contribution in [0.2, 0.25) is 0 Å². The van der Waals surface area contributed by atoms with Gasteiger partial charge in [-0.05, 0) is 0 Å². The van der Waals surface area contributed by atoms with Crippen molar-refractivity contribution in [3.8, 4) is 0 Å². The SMILES string of the molecule is CC(=O)N[C@H](C[N+](=O)[O-])[C@@H](C)C=O. The highest BCUT2D eigenvalue weighted by molar-refractivity contribution is 5.73. The van der Waals surface area contributed by atoms with Gasteiger partial charge in [0.1, 0.15) is 12.3 Å². The van der Waals surface area contributed by atoms with Gasteiger partial charge in [0.05, 0.1) is 0 Å². The number of carbonyl (C=O) groups is 2. The quantitative estimate of drug-likeness (QED) is 0.361. The first-order valence-corrected chi connectivity index (χ1v) is 3.81. The second kappa shape index (κ2) is 5.23. The molecule has 13 heavy (non-hydrogen) atoms.